The van der Waals surface area contributed by atoms with Gasteiger partial charge in [0.2, 0.25) is 0 Å². The third-order valence-electron chi connectivity index (χ3n) is 1.65. The SMILES string of the molecule is NCCc1cc(F)ccc1OC(F)F. The van der Waals surface area contributed by atoms with Gasteiger partial charge in [-0.3, -0.25) is 0 Å². The van der Waals surface area contributed by atoms with Crippen LogP contribution in [0.1, 0.15) is 5.56 Å². The molecule has 0 bridgehead atoms. The first kappa shape index (κ1) is 10.8. The molecule has 0 saturated carbocycles. The maximum Gasteiger partial charge on any atom is 0.387 e. The van der Waals surface area contributed by atoms with E-state index in [0.29, 0.717) is 12.0 Å². The van der Waals surface area contributed by atoms with Gasteiger partial charge in [0, 0.05) is 0 Å². The third-order valence-corrected chi connectivity index (χ3v) is 1.65. The van der Waals surface area contributed by atoms with Crippen molar-refractivity contribution in [2.75, 3.05) is 6.54 Å². The quantitative estimate of drug-likeness (QED) is 0.815. The van der Waals surface area contributed by atoms with Gasteiger partial charge in [0.05, 0.1) is 0 Å². The lowest BCUT2D eigenvalue weighted by Crippen LogP contribution is -2.08. The molecular formula is C9H10F3NO. The van der Waals surface area contributed by atoms with Crippen LogP contribution in [0.5, 0.6) is 5.75 Å². The van der Waals surface area contributed by atoms with Crippen LogP contribution in [-0.2, 0) is 6.42 Å². The lowest BCUT2D eigenvalue weighted by atomic mass is 10.1. The van der Waals surface area contributed by atoms with Gasteiger partial charge in [0.1, 0.15) is 11.6 Å². The van der Waals surface area contributed by atoms with E-state index in [1.54, 1.807) is 0 Å². The average molecular weight is 205 g/mol. The van der Waals surface area contributed by atoms with E-state index in [9.17, 15) is 13.2 Å². The fourth-order valence-electron chi connectivity index (χ4n) is 1.11. The molecule has 1 aromatic rings. The molecular weight excluding hydrogens is 195 g/mol. The van der Waals surface area contributed by atoms with Gasteiger partial charge in [-0.25, -0.2) is 4.39 Å². The van der Waals surface area contributed by atoms with E-state index in [-0.39, 0.29) is 12.3 Å². The maximum atomic E-state index is 12.7. The second-order valence-electron chi connectivity index (χ2n) is 2.67. The Morgan fingerprint density at radius 3 is 2.64 bits per heavy atom. The zero-order valence-electron chi connectivity index (χ0n) is 7.34. The van der Waals surface area contributed by atoms with E-state index in [4.69, 9.17) is 5.73 Å². The number of hydrogen-bond donors (Lipinski definition) is 1. The van der Waals surface area contributed by atoms with E-state index in [0.717, 1.165) is 12.1 Å². The standard InChI is InChI=1S/C9H10F3NO/c10-7-1-2-8(14-9(11)12)6(5-7)3-4-13/h1-2,5,9H,3-4,13H2. The van der Waals surface area contributed by atoms with Gasteiger partial charge in [-0.15, -0.1) is 0 Å². The highest BCUT2D eigenvalue weighted by molar-refractivity contribution is 5.34. The number of hydrogen-bond acceptors (Lipinski definition) is 2. The summed E-state index contributed by atoms with van der Waals surface area (Å²) in [6.07, 6.45) is 0.305. The molecule has 0 saturated heterocycles. The molecule has 0 radical (unpaired) electrons. The summed E-state index contributed by atoms with van der Waals surface area (Å²) in [5.74, 6) is -0.512. The minimum absolute atomic E-state index is 0.0214. The van der Waals surface area contributed by atoms with Gasteiger partial charge < -0.3 is 10.5 Å². The van der Waals surface area contributed by atoms with Gasteiger partial charge in [-0.2, -0.15) is 8.78 Å². The molecule has 0 aliphatic carbocycles. The molecule has 0 fully saturated rings. The van der Waals surface area contributed by atoms with Crippen molar-refractivity contribution >= 4 is 0 Å². The molecule has 0 aliphatic heterocycles. The normalized spacial score (nSPS) is 10.6. The van der Waals surface area contributed by atoms with Crippen LogP contribution in [0.25, 0.3) is 0 Å². The Labute approximate surface area is 79.5 Å². The molecule has 0 atom stereocenters. The van der Waals surface area contributed by atoms with Gasteiger partial charge >= 0.3 is 6.61 Å². The molecule has 0 heterocycles. The van der Waals surface area contributed by atoms with Crippen LogP contribution >= 0.6 is 0 Å². The van der Waals surface area contributed by atoms with E-state index < -0.39 is 12.4 Å². The predicted molar refractivity (Wildman–Crippen MR) is 45.8 cm³/mol. The summed E-state index contributed by atoms with van der Waals surface area (Å²) in [5.41, 5.74) is 5.60. The molecule has 14 heavy (non-hydrogen) atoms. The van der Waals surface area contributed by atoms with Crippen molar-refractivity contribution in [3.63, 3.8) is 0 Å². The number of nitrogens with two attached hydrogens (primary N) is 1. The van der Waals surface area contributed by atoms with E-state index in [1.165, 1.54) is 6.07 Å². The zero-order chi connectivity index (χ0) is 10.6. The van der Waals surface area contributed by atoms with Crippen molar-refractivity contribution in [3.8, 4) is 5.75 Å². The van der Waals surface area contributed by atoms with Crippen molar-refractivity contribution in [2.45, 2.75) is 13.0 Å². The van der Waals surface area contributed by atoms with Crippen molar-refractivity contribution in [1.29, 1.82) is 0 Å². The van der Waals surface area contributed by atoms with Crippen LogP contribution in [0.2, 0.25) is 0 Å². The molecule has 0 spiro atoms. The molecule has 2 N–H and O–H groups in total. The average Bonchev–Trinajstić information content (AvgIpc) is 2.09. The summed E-state index contributed by atoms with van der Waals surface area (Å²) in [6.45, 7) is -2.65. The minimum Gasteiger partial charge on any atom is -0.435 e. The molecule has 0 aliphatic rings. The number of rotatable bonds is 4. The van der Waals surface area contributed by atoms with Crippen LogP contribution in [0.15, 0.2) is 18.2 Å². The Morgan fingerprint density at radius 2 is 2.07 bits per heavy atom. The van der Waals surface area contributed by atoms with Crippen LogP contribution in [0.4, 0.5) is 13.2 Å². The largest absolute Gasteiger partial charge is 0.435 e. The van der Waals surface area contributed by atoms with E-state index in [1.807, 2.05) is 0 Å². The summed E-state index contributed by atoms with van der Waals surface area (Å²) in [4.78, 5) is 0. The van der Waals surface area contributed by atoms with Crippen molar-refractivity contribution in [3.05, 3.63) is 29.6 Å². The number of halogens is 3. The Morgan fingerprint density at radius 1 is 1.36 bits per heavy atom. The van der Waals surface area contributed by atoms with Gasteiger partial charge in [0.25, 0.3) is 0 Å². The molecule has 1 aromatic carbocycles. The Balaban J connectivity index is 2.89. The maximum absolute atomic E-state index is 12.7. The second-order valence-corrected chi connectivity index (χ2v) is 2.67. The van der Waals surface area contributed by atoms with Crippen LogP contribution in [0, 0.1) is 5.82 Å². The fraction of sp³-hybridized carbons (Fsp3) is 0.333. The Kier molecular flexibility index (Phi) is 3.76. The van der Waals surface area contributed by atoms with Gasteiger partial charge in [-0.05, 0) is 36.7 Å². The highest BCUT2D eigenvalue weighted by atomic mass is 19.3. The number of benzene rings is 1. The second kappa shape index (κ2) is 4.85. The first-order valence-electron chi connectivity index (χ1n) is 4.07. The predicted octanol–water partition coefficient (Wildman–Crippen LogP) is 1.93. The molecule has 1 rings (SSSR count). The third kappa shape index (κ3) is 2.92. The van der Waals surface area contributed by atoms with E-state index >= 15 is 0 Å². The van der Waals surface area contributed by atoms with Crippen molar-refractivity contribution in [1.82, 2.24) is 0 Å². The highest BCUT2D eigenvalue weighted by Gasteiger charge is 2.09. The highest BCUT2D eigenvalue weighted by Crippen LogP contribution is 2.21. The Hall–Kier alpha value is -1.23. The summed E-state index contributed by atoms with van der Waals surface area (Å²) >= 11 is 0. The van der Waals surface area contributed by atoms with Crippen LogP contribution in [0.3, 0.4) is 0 Å². The number of alkyl halides is 2. The molecule has 0 unspecified atom stereocenters. The minimum atomic E-state index is -2.91. The summed E-state index contributed by atoms with van der Waals surface area (Å²) in [6, 6.07) is 3.38. The lowest BCUT2D eigenvalue weighted by Gasteiger charge is -2.09. The first-order valence-corrected chi connectivity index (χ1v) is 4.07. The van der Waals surface area contributed by atoms with Crippen LogP contribution < -0.4 is 10.5 Å². The molecule has 2 nitrogen and oxygen atoms in total. The van der Waals surface area contributed by atoms with Crippen molar-refractivity contribution < 1.29 is 17.9 Å². The van der Waals surface area contributed by atoms with E-state index in [2.05, 4.69) is 4.74 Å². The smallest absolute Gasteiger partial charge is 0.387 e. The lowest BCUT2D eigenvalue weighted by molar-refractivity contribution is -0.0504. The summed E-state index contributed by atoms with van der Waals surface area (Å²) in [7, 11) is 0. The molecule has 0 amide bonds. The zero-order valence-corrected chi connectivity index (χ0v) is 7.34. The van der Waals surface area contributed by atoms with Gasteiger partial charge in [-0.1, -0.05) is 0 Å². The van der Waals surface area contributed by atoms with Gasteiger partial charge in [0.15, 0.2) is 0 Å². The molecule has 78 valence electrons. The topological polar surface area (TPSA) is 35.2 Å². The molecule has 0 aromatic heterocycles. The fourth-order valence-corrected chi connectivity index (χ4v) is 1.11. The first-order chi connectivity index (χ1) is 6.63. The molecule has 5 heteroatoms. The number of ether oxygens (including phenoxy) is 1. The monoisotopic (exact) mass is 205 g/mol. The summed E-state index contributed by atoms with van der Waals surface area (Å²) in [5, 5.41) is 0. The Bertz CT molecular complexity index is 304. The van der Waals surface area contributed by atoms with Crippen molar-refractivity contribution in [2.24, 2.45) is 5.73 Å². The van der Waals surface area contributed by atoms with Crippen LogP contribution in [-0.4, -0.2) is 13.2 Å². The summed E-state index contributed by atoms with van der Waals surface area (Å²) < 4.78 is 40.7.